The number of hydrogen-bond acceptors (Lipinski definition) is 3. The van der Waals surface area contributed by atoms with Crippen LogP contribution in [0.1, 0.15) is 31.9 Å². The molecule has 3 heteroatoms. The molecule has 0 aliphatic carbocycles. The molecule has 0 N–H and O–H groups in total. The number of pyridine rings is 2. The van der Waals surface area contributed by atoms with E-state index in [0.717, 1.165) is 17.8 Å². The molecule has 0 fully saturated rings. The van der Waals surface area contributed by atoms with E-state index in [1.807, 2.05) is 35.9 Å². The fraction of sp³-hybridized carbons (Fsp3) is 0.200. The molecule has 2 aromatic carbocycles. The van der Waals surface area contributed by atoms with Crippen molar-refractivity contribution >= 4 is 21.4 Å². The van der Waals surface area contributed by atoms with Gasteiger partial charge in [-0.25, -0.2) is 0 Å². The van der Waals surface area contributed by atoms with Crippen molar-refractivity contribution in [3.8, 4) is 21.8 Å². The Bertz CT molecular complexity index is 1370. The lowest BCUT2D eigenvalue weighted by molar-refractivity contribution is 0.346. The third-order valence-corrected chi connectivity index (χ3v) is 8.05. The van der Waals surface area contributed by atoms with E-state index < -0.39 is 0 Å². The lowest BCUT2D eigenvalue weighted by Crippen LogP contribution is -2.28. The minimum absolute atomic E-state index is 0.0519. The first-order valence-electron chi connectivity index (χ1n) is 11.5. The predicted molar refractivity (Wildman–Crippen MR) is 141 cm³/mol. The average Bonchev–Trinajstić information content (AvgIpc) is 3.26. The van der Waals surface area contributed by atoms with Gasteiger partial charge in [0.25, 0.3) is 0 Å². The minimum Gasteiger partial charge on any atom is -0.256 e. The quantitative estimate of drug-likeness (QED) is 0.262. The Morgan fingerprint density at radius 3 is 2.12 bits per heavy atom. The number of hydrogen-bond donors (Lipinski definition) is 0. The van der Waals surface area contributed by atoms with Crippen LogP contribution in [0.4, 0.5) is 0 Å². The highest BCUT2D eigenvalue weighted by molar-refractivity contribution is 7.22. The minimum atomic E-state index is -0.0519. The van der Waals surface area contributed by atoms with Gasteiger partial charge >= 0.3 is 0 Å². The summed E-state index contributed by atoms with van der Waals surface area (Å²) in [6, 6.07) is 29.8. The van der Waals surface area contributed by atoms with Crippen LogP contribution in [-0.2, 0) is 11.8 Å². The predicted octanol–water partition coefficient (Wildman–Crippen LogP) is 8.18. The number of thiophene rings is 1. The van der Waals surface area contributed by atoms with E-state index in [2.05, 4.69) is 98.6 Å². The van der Waals surface area contributed by atoms with Crippen molar-refractivity contribution in [1.29, 1.82) is 0 Å². The van der Waals surface area contributed by atoms with E-state index in [9.17, 15) is 0 Å². The zero-order valence-electron chi connectivity index (χ0n) is 19.3. The van der Waals surface area contributed by atoms with Gasteiger partial charge in [0, 0.05) is 22.7 Å². The van der Waals surface area contributed by atoms with Gasteiger partial charge < -0.3 is 0 Å². The fourth-order valence-electron chi connectivity index (χ4n) is 4.66. The van der Waals surface area contributed by atoms with Crippen LogP contribution in [0.2, 0.25) is 0 Å². The monoisotopic (exact) mass is 448 g/mol. The summed E-state index contributed by atoms with van der Waals surface area (Å²) in [5.74, 6) is 0.405. The summed E-state index contributed by atoms with van der Waals surface area (Å²) in [5.41, 5.74) is 6.02. The van der Waals surface area contributed by atoms with Crippen molar-refractivity contribution in [2.24, 2.45) is 5.92 Å². The van der Waals surface area contributed by atoms with Crippen LogP contribution in [0, 0.1) is 5.92 Å². The molecule has 0 saturated heterocycles. The summed E-state index contributed by atoms with van der Waals surface area (Å²) < 4.78 is 1.32. The van der Waals surface area contributed by atoms with Gasteiger partial charge in [-0.1, -0.05) is 75.4 Å². The molecule has 0 radical (unpaired) electrons. The van der Waals surface area contributed by atoms with Gasteiger partial charge in [0.05, 0.1) is 16.3 Å². The third kappa shape index (κ3) is 4.09. The van der Waals surface area contributed by atoms with Crippen LogP contribution in [0.3, 0.4) is 0 Å². The van der Waals surface area contributed by atoms with Gasteiger partial charge in [-0.3, -0.25) is 9.97 Å². The van der Waals surface area contributed by atoms with Crippen LogP contribution in [-0.4, -0.2) is 9.97 Å². The van der Waals surface area contributed by atoms with Gasteiger partial charge in [0.1, 0.15) is 0 Å². The number of rotatable bonds is 6. The molecule has 3 aromatic heterocycles. The van der Waals surface area contributed by atoms with Crippen LogP contribution in [0.5, 0.6) is 0 Å². The smallest absolute Gasteiger partial charge is 0.0805 e. The highest BCUT2D eigenvalue weighted by Gasteiger charge is 2.34. The molecule has 2 nitrogen and oxygen atoms in total. The molecule has 0 bridgehead atoms. The highest BCUT2D eigenvalue weighted by Crippen LogP contribution is 2.47. The van der Waals surface area contributed by atoms with E-state index in [1.54, 1.807) is 0 Å². The van der Waals surface area contributed by atoms with E-state index in [1.165, 1.54) is 31.7 Å². The Balaban J connectivity index is 1.58. The summed E-state index contributed by atoms with van der Waals surface area (Å²) >= 11 is 1.86. The van der Waals surface area contributed by atoms with Gasteiger partial charge in [-0.05, 0) is 64.6 Å². The van der Waals surface area contributed by atoms with Gasteiger partial charge in [0.2, 0.25) is 0 Å². The van der Waals surface area contributed by atoms with Crippen LogP contribution in [0.25, 0.3) is 31.9 Å². The molecule has 0 spiro atoms. The van der Waals surface area contributed by atoms with E-state index in [-0.39, 0.29) is 5.41 Å². The first-order valence-corrected chi connectivity index (χ1v) is 12.3. The molecule has 0 unspecified atom stereocenters. The lowest BCUT2D eigenvalue weighted by atomic mass is 9.70. The zero-order chi connectivity index (χ0) is 22.8. The number of aromatic nitrogens is 2. The largest absolute Gasteiger partial charge is 0.256 e. The van der Waals surface area contributed by atoms with Crippen molar-refractivity contribution in [2.75, 3.05) is 0 Å². The molecule has 5 aromatic rings. The summed E-state index contributed by atoms with van der Waals surface area (Å²) in [6.07, 6.45) is 4.74. The Morgan fingerprint density at radius 2 is 1.39 bits per heavy atom. The SMILES string of the molecule is C[C@H](Cc1ccccc1-c1ccccn1)C(C)(C)c1c(-c2ccccn2)sc2ccccc12. The summed E-state index contributed by atoms with van der Waals surface area (Å²) in [6.45, 7) is 7.16. The maximum atomic E-state index is 4.72. The van der Waals surface area contributed by atoms with Crippen LogP contribution >= 0.6 is 11.3 Å². The van der Waals surface area contributed by atoms with Crippen molar-refractivity contribution in [2.45, 2.75) is 32.6 Å². The van der Waals surface area contributed by atoms with Crippen molar-refractivity contribution < 1.29 is 0 Å². The van der Waals surface area contributed by atoms with E-state index in [0.29, 0.717) is 5.92 Å². The van der Waals surface area contributed by atoms with Gasteiger partial charge in [0.15, 0.2) is 0 Å². The maximum Gasteiger partial charge on any atom is 0.0805 e. The molecular weight excluding hydrogens is 420 g/mol. The second kappa shape index (κ2) is 8.92. The first kappa shape index (κ1) is 21.5. The molecule has 0 amide bonds. The standard InChI is InChI=1S/C30H28N2S/c1-21(20-22-12-4-5-13-23(22)25-15-8-10-18-31-25)30(2,3)28-24-14-6-7-17-27(24)33-29(28)26-16-9-11-19-32-26/h4-19,21H,20H2,1-3H3/t21-/m1/s1. The van der Waals surface area contributed by atoms with Crippen molar-refractivity contribution in [3.05, 3.63) is 108 Å². The van der Waals surface area contributed by atoms with Gasteiger partial charge in [-0.2, -0.15) is 0 Å². The lowest BCUT2D eigenvalue weighted by Gasteiger charge is -2.34. The highest BCUT2D eigenvalue weighted by atomic mass is 32.1. The molecule has 33 heavy (non-hydrogen) atoms. The van der Waals surface area contributed by atoms with Gasteiger partial charge in [-0.15, -0.1) is 11.3 Å². The topological polar surface area (TPSA) is 25.8 Å². The maximum absolute atomic E-state index is 4.72. The average molecular weight is 449 g/mol. The molecule has 0 saturated carbocycles. The van der Waals surface area contributed by atoms with E-state index in [4.69, 9.17) is 4.98 Å². The second-order valence-corrected chi connectivity index (χ2v) is 10.3. The molecule has 164 valence electrons. The molecular formula is C30H28N2S. The Labute approximate surface area is 200 Å². The number of benzene rings is 2. The first-order chi connectivity index (χ1) is 16.1. The van der Waals surface area contributed by atoms with Crippen LogP contribution in [0.15, 0.2) is 97.3 Å². The van der Waals surface area contributed by atoms with Crippen molar-refractivity contribution in [3.63, 3.8) is 0 Å². The molecule has 5 rings (SSSR count). The third-order valence-electron chi connectivity index (χ3n) is 6.85. The fourth-order valence-corrected chi connectivity index (χ4v) is 6.01. The molecule has 3 heterocycles. The van der Waals surface area contributed by atoms with Crippen LogP contribution < -0.4 is 0 Å². The van der Waals surface area contributed by atoms with E-state index >= 15 is 0 Å². The molecule has 1 atom stereocenters. The number of fused-ring (bicyclic) bond motifs is 1. The normalized spacial score (nSPS) is 12.7. The number of nitrogens with zero attached hydrogens (tertiary/aromatic N) is 2. The summed E-state index contributed by atoms with van der Waals surface area (Å²) in [4.78, 5) is 10.6. The van der Waals surface area contributed by atoms with Crippen molar-refractivity contribution in [1.82, 2.24) is 9.97 Å². The Kier molecular flexibility index (Phi) is 5.82. The molecule has 0 aliphatic rings. The summed E-state index contributed by atoms with van der Waals surface area (Å²) in [5, 5.41) is 1.35. The zero-order valence-corrected chi connectivity index (χ0v) is 20.1. The summed E-state index contributed by atoms with van der Waals surface area (Å²) in [7, 11) is 0. The molecule has 0 aliphatic heterocycles. The Morgan fingerprint density at radius 1 is 0.758 bits per heavy atom. The second-order valence-electron chi connectivity index (χ2n) is 9.22. The Hall–Kier alpha value is -3.30.